The van der Waals surface area contributed by atoms with Crippen LogP contribution >= 0.6 is 0 Å². The van der Waals surface area contributed by atoms with E-state index < -0.39 is 0 Å². The van der Waals surface area contributed by atoms with E-state index in [0.717, 1.165) is 19.4 Å². The molecule has 0 amide bonds. The Kier molecular flexibility index (Phi) is 25.9. The Balaban J connectivity index is 3.02. The van der Waals surface area contributed by atoms with E-state index in [-0.39, 0.29) is 0 Å². The zero-order valence-electron chi connectivity index (χ0n) is 20.4. The molecule has 1 atom stereocenters. The van der Waals surface area contributed by atoms with E-state index in [0.29, 0.717) is 6.04 Å². The Morgan fingerprint density at radius 1 is 0.414 bits per heavy atom. The molecule has 0 aromatic carbocycles. The van der Waals surface area contributed by atoms with Crippen molar-refractivity contribution in [3.63, 3.8) is 0 Å². The molecule has 176 valence electrons. The second-order valence-electron chi connectivity index (χ2n) is 9.55. The average Bonchev–Trinajstić information content (AvgIpc) is 2.72. The lowest BCUT2D eigenvalue weighted by atomic mass is 10.0. The highest BCUT2D eigenvalue weighted by molar-refractivity contribution is 4.61. The number of hydrogen-bond donors (Lipinski definition) is 2. The Hall–Kier alpha value is -0.0800. The first-order valence-corrected chi connectivity index (χ1v) is 13.8. The normalized spacial score (nSPS) is 12.5. The van der Waals surface area contributed by atoms with Crippen molar-refractivity contribution in [2.24, 2.45) is 11.5 Å². The van der Waals surface area contributed by atoms with Crippen molar-refractivity contribution in [3.8, 4) is 0 Å². The number of unbranched alkanes of at least 4 members (excludes halogenated alkanes) is 21. The molecule has 0 aromatic heterocycles. The van der Waals surface area contributed by atoms with Gasteiger partial charge in [0.2, 0.25) is 0 Å². The molecule has 0 spiro atoms. The van der Waals surface area contributed by atoms with E-state index in [1.165, 1.54) is 141 Å². The third-order valence-corrected chi connectivity index (χ3v) is 6.47. The van der Waals surface area contributed by atoms with E-state index in [1.54, 1.807) is 0 Å². The molecule has 0 fully saturated rings. The molecule has 0 heterocycles. The second kappa shape index (κ2) is 26.0. The third-order valence-electron chi connectivity index (χ3n) is 6.47. The molecular weight excluding hydrogens is 352 g/mol. The molecule has 0 aliphatic heterocycles. The van der Waals surface area contributed by atoms with Crippen molar-refractivity contribution in [2.45, 2.75) is 167 Å². The fraction of sp³-hybridized carbons (Fsp3) is 1.00. The molecule has 4 N–H and O–H groups in total. The highest BCUT2D eigenvalue weighted by Crippen LogP contribution is 2.15. The second-order valence-corrected chi connectivity index (χ2v) is 9.55. The lowest BCUT2D eigenvalue weighted by molar-refractivity contribution is 0.503. The van der Waals surface area contributed by atoms with Gasteiger partial charge >= 0.3 is 0 Å². The maximum Gasteiger partial charge on any atom is 0.00508 e. The van der Waals surface area contributed by atoms with Gasteiger partial charge in [0.1, 0.15) is 0 Å². The van der Waals surface area contributed by atoms with E-state index in [4.69, 9.17) is 11.5 Å². The first-order chi connectivity index (χ1) is 14.3. The molecule has 2 heteroatoms. The van der Waals surface area contributed by atoms with Gasteiger partial charge in [-0.3, -0.25) is 0 Å². The van der Waals surface area contributed by atoms with Gasteiger partial charge in [-0.2, -0.15) is 0 Å². The summed E-state index contributed by atoms with van der Waals surface area (Å²) in [5.74, 6) is 0. The predicted octanol–water partition coefficient (Wildman–Crippen LogP) is 8.65. The minimum Gasteiger partial charge on any atom is -0.330 e. The summed E-state index contributed by atoms with van der Waals surface area (Å²) in [6, 6.07) is 0.338. The van der Waals surface area contributed by atoms with Gasteiger partial charge in [-0.15, -0.1) is 0 Å². The zero-order valence-corrected chi connectivity index (χ0v) is 20.4. The highest BCUT2D eigenvalue weighted by atomic mass is 14.6. The number of rotatable bonds is 25. The van der Waals surface area contributed by atoms with Crippen molar-refractivity contribution in [2.75, 3.05) is 6.54 Å². The van der Waals surface area contributed by atoms with Crippen LogP contribution in [-0.4, -0.2) is 12.6 Å². The van der Waals surface area contributed by atoms with Crippen LogP contribution in [0.4, 0.5) is 0 Å². The predicted molar refractivity (Wildman–Crippen MR) is 134 cm³/mol. The molecule has 0 saturated heterocycles. The molecule has 0 rings (SSSR count). The first-order valence-electron chi connectivity index (χ1n) is 13.8. The summed E-state index contributed by atoms with van der Waals surface area (Å²) in [7, 11) is 0. The summed E-state index contributed by atoms with van der Waals surface area (Å²) in [5, 5.41) is 0. The van der Waals surface area contributed by atoms with E-state index >= 15 is 0 Å². The van der Waals surface area contributed by atoms with Gasteiger partial charge in [0.25, 0.3) is 0 Å². The fourth-order valence-electron chi connectivity index (χ4n) is 4.37. The Morgan fingerprint density at radius 2 is 0.690 bits per heavy atom. The van der Waals surface area contributed by atoms with Gasteiger partial charge in [0.05, 0.1) is 0 Å². The number of hydrogen-bond acceptors (Lipinski definition) is 2. The van der Waals surface area contributed by atoms with Crippen LogP contribution in [0.2, 0.25) is 0 Å². The van der Waals surface area contributed by atoms with Crippen LogP contribution in [0, 0.1) is 0 Å². The quantitative estimate of drug-likeness (QED) is 0.148. The van der Waals surface area contributed by atoms with Crippen molar-refractivity contribution in [3.05, 3.63) is 0 Å². The summed E-state index contributed by atoms with van der Waals surface area (Å²) in [5.41, 5.74) is 11.5. The van der Waals surface area contributed by atoms with E-state index in [1.807, 2.05) is 0 Å². The lowest BCUT2D eigenvalue weighted by Gasteiger charge is -2.09. The smallest absolute Gasteiger partial charge is 0.00508 e. The van der Waals surface area contributed by atoms with Crippen molar-refractivity contribution < 1.29 is 0 Å². The molecule has 0 saturated carbocycles. The Bertz CT molecular complexity index is 280. The van der Waals surface area contributed by atoms with Crippen LogP contribution in [-0.2, 0) is 0 Å². The molecule has 29 heavy (non-hydrogen) atoms. The first kappa shape index (κ1) is 28.9. The average molecular weight is 411 g/mol. The molecule has 0 bridgehead atoms. The lowest BCUT2D eigenvalue weighted by Crippen LogP contribution is -2.23. The molecule has 0 radical (unpaired) electrons. The van der Waals surface area contributed by atoms with Crippen LogP contribution < -0.4 is 11.5 Å². The van der Waals surface area contributed by atoms with Crippen LogP contribution in [0.25, 0.3) is 0 Å². The van der Waals surface area contributed by atoms with Gasteiger partial charge in [-0.25, -0.2) is 0 Å². The summed E-state index contributed by atoms with van der Waals surface area (Å²) in [6.07, 6.45) is 33.9. The topological polar surface area (TPSA) is 52.0 Å². The zero-order chi connectivity index (χ0) is 21.3. The largest absolute Gasteiger partial charge is 0.330 e. The molecular formula is C27H58N2. The standard InChI is InChI=1S/C27H58N2/c1-2-3-4-5-6-7-8-9-10-11-12-13-14-15-16-17-18-19-20-21-22-23-24-27(29)25-26-28/h27H,2-26,28-29H2,1H3. The summed E-state index contributed by atoms with van der Waals surface area (Å²) in [6.45, 7) is 3.04. The van der Waals surface area contributed by atoms with Crippen LogP contribution in [0.1, 0.15) is 161 Å². The number of nitrogens with two attached hydrogens (primary N) is 2. The Morgan fingerprint density at radius 3 is 0.966 bits per heavy atom. The van der Waals surface area contributed by atoms with Gasteiger partial charge < -0.3 is 11.5 Å². The minimum atomic E-state index is 0.338. The van der Waals surface area contributed by atoms with Gasteiger partial charge in [-0.05, 0) is 19.4 Å². The van der Waals surface area contributed by atoms with Gasteiger partial charge in [-0.1, -0.05) is 148 Å². The Labute approximate surface area is 185 Å². The highest BCUT2D eigenvalue weighted by Gasteiger charge is 2.00. The molecule has 0 aromatic rings. The van der Waals surface area contributed by atoms with Crippen molar-refractivity contribution in [1.82, 2.24) is 0 Å². The van der Waals surface area contributed by atoms with Gasteiger partial charge in [0.15, 0.2) is 0 Å². The fourth-order valence-corrected chi connectivity index (χ4v) is 4.37. The molecule has 2 nitrogen and oxygen atoms in total. The van der Waals surface area contributed by atoms with Crippen LogP contribution in [0.5, 0.6) is 0 Å². The summed E-state index contributed by atoms with van der Waals surface area (Å²) >= 11 is 0. The molecule has 0 aliphatic carbocycles. The third kappa shape index (κ3) is 25.9. The maximum atomic E-state index is 5.99. The van der Waals surface area contributed by atoms with Crippen LogP contribution in [0.15, 0.2) is 0 Å². The summed E-state index contributed by atoms with van der Waals surface area (Å²) in [4.78, 5) is 0. The monoisotopic (exact) mass is 410 g/mol. The van der Waals surface area contributed by atoms with E-state index in [2.05, 4.69) is 6.92 Å². The van der Waals surface area contributed by atoms with E-state index in [9.17, 15) is 0 Å². The minimum absolute atomic E-state index is 0.338. The maximum absolute atomic E-state index is 5.99. The van der Waals surface area contributed by atoms with Gasteiger partial charge in [0, 0.05) is 6.04 Å². The van der Waals surface area contributed by atoms with Crippen LogP contribution in [0.3, 0.4) is 0 Å². The molecule has 0 aliphatic rings. The van der Waals surface area contributed by atoms with Crippen molar-refractivity contribution in [1.29, 1.82) is 0 Å². The SMILES string of the molecule is CCCCCCCCCCCCCCCCCCCCCCCCC(N)CCN. The summed E-state index contributed by atoms with van der Waals surface area (Å²) < 4.78 is 0. The van der Waals surface area contributed by atoms with Crippen molar-refractivity contribution >= 4 is 0 Å². The molecule has 1 unspecified atom stereocenters.